The predicted molar refractivity (Wildman–Crippen MR) is 366 cm³/mol. The Balaban J connectivity index is 0. The number of carboxylic acids is 1. The van der Waals surface area contributed by atoms with Gasteiger partial charge < -0.3 is 53.5 Å². The number of rotatable bonds is 13. The van der Waals surface area contributed by atoms with Crippen LogP contribution in [0.5, 0.6) is 0 Å². The molecule has 7 aromatic rings. The molecule has 24 heteroatoms. The van der Waals surface area contributed by atoms with Crippen molar-refractivity contribution in [2.45, 2.75) is 109 Å². The van der Waals surface area contributed by atoms with E-state index in [1.165, 1.54) is 12.4 Å². The molecule has 4 heterocycles. The molecule has 3 amide bonds. The van der Waals surface area contributed by atoms with Crippen LogP contribution in [0, 0.1) is 77.7 Å². The number of carboxylic acid groups (broad SMARTS) is 1. The van der Waals surface area contributed by atoms with E-state index in [-0.39, 0.29) is 71.7 Å². The Kier molecular flexibility index (Phi) is 40.3. The second-order valence-corrected chi connectivity index (χ2v) is 19.8. The topological polar surface area (TPSA) is 368 Å². The number of carbonyl (C=O) groups is 5. The number of amides is 3. The fraction of sp³-hybridized carbons (Fsp3) is 0.294. The van der Waals surface area contributed by atoms with Gasteiger partial charge in [0, 0.05) is 62.5 Å². The smallest absolute Gasteiger partial charge is 0.339 e. The summed E-state index contributed by atoms with van der Waals surface area (Å²) in [4.78, 5) is 75.7. The number of hydrogen-bond acceptors (Lipinski definition) is 17. The first-order chi connectivity index (χ1) is 43.5. The summed E-state index contributed by atoms with van der Waals surface area (Å²) < 4.78 is 25.3. The second-order valence-electron chi connectivity index (χ2n) is 19.6. The first kappa shape index (κ1) is 81.4. The number of aromatic nitrogens is 4. The third-order valence-electron chi connectivity index (χ3n) is 12.4. The monoisotopic (exact) mass is 1280 g/mol. The van der Waals surface area contributed by atoms with Crippen LogP contribution < -0.4 is 38.9 Å². The van der Waals surface area contributed by atoms with Gasteiger partial charge in [-0.3, -0.25) is 28.6 Å². The SMILES string of the molecule is C.COC(C)CC(C)=C(C#N)C#N.COC(C)CC(C)=O.Cc1ccccc1N.Cc1ccccc1NC(=O)c1c(C)ccnc1N.Cc1ccccc1NC(=O)c1c(C)ccnc1NC(=O)CCl.Cc1ccnc(N)c1C(=O)O.[2H]CF.[C-]#[N+]c1c(C)ccnc1N. The van der Waals surface area contributed by atoms with Crippen LogP contribution in [0.3, 0.4) is 0 Å². The van der Waals surface area contributed by atoms with Crippen molar-refractivity contribution in [3.8, 4) is 12.1 Å². The summed E-state index contributed by atoms with van der Waals surface area (Å²) in [5, 5.41) is 33.9. The van der Waals surface area contributed by atoms with Gasteiger partial charge in [-0.2, -0.15) is 10.5 Å². The molecular weight excluding hydrogens is 1200 g/mol. The molecule has 22 nitrogen and oxygen atoms in total. The third kappa shape index (κ3) is 30.5. The number of hydrogen-bond donors (Lipinski definition) is 8. The minimum Gasteiger partial charge on any atom is -0.478 e. The molecule has 0 saturated heterocycles. The molecule has 12 N–H and O–H groups in total. The second kappa shape index (κ2) is 45.6. The van der Waals surface area contributed by atoms with E-state index in [2.05, 4.69) is 40.7 Å². The molecule has 0 radical (unpaired) electrons. The number of nitrogens with two attached hydrogens (primary N) is 4. The van der Waals surface area contributed by atoms with E-state index in [4.69, 9.17) is 67.6 Å². The van der Waals surface area contributed by atoms with Gasteiger partial charge in [-0.05, 0) is 163 Å². The van der Waals surface area contributed by atoms with Gasteiger partial charge in [0.2, 0.25) is 11.6 Å². The molecule has 3 aromatic carbocycles. The average Bonchev–Trinajstić information content (AvgIpc) is 1.84. The van der Waals surface area contributed by atoms with Crippen LogP contribution in [0.15, 0.2) is 133 Å². The summed E-state index contributed by atoms with van der Waals surface area (Å²) in [6.07, 6.45) is 7.49. The van der Waals surface area contributed by atoms with E-state index < -0.39 is 19.0 Å². The fourth-order valence-electron chi connectivity index (χ4n) is 7.26. The zero-order valence-electron chi connectivity index (χ0n) is 54.5. The number of nitrogen functional groups attached to an aromatic ring is 4. The van der Waals surface area contributed by atoms with Crippen LogP contribution >= 0.6 is 11.6 Å². The molecule has 0 aliphatic heterocycles. The predicted octanol–water partition coefficient (Wildman–Crippen LogP) is 13.4. The fourth-order valence-corrected chi connectivity index (χ4v) is 7.32. The van der Waals surface area contributed by atoms with Crippen LogP contribution in [0.2, 0.25) is 0 Å². The number of allylic oxidation sites excluding steroid dienone is 1. The molecule has 92 heavy (non-hydrogen) atoms. The molecule has 2 unspecified atom stereocenters. The Bertz CT molecular complexity index is 3610. The van der Waals surface area contributed by atoms with Crippen molar-refractivity contribution in [1.29, 1.82) is 10.5 Å². The van der Waals surface area contributed by atoms with E-state index in [1.807, 2.05) is 133 Å². The number of methoxy groups -OCH3 is 2. The van der Waals surface area contributed by atoms with E-state index >= 15 is 0 Å². The van der Waals surface area contributed by atoms with Crippen molar-refractivity contribution < 1.29 is 44.3 Å². The Morgan fingerprint density at radius 1 is 0.620 bits per heavy atom. The molecule has 0 spiro atoms. The molecule has 7 rings (SSSR count). The summed E-state index contributed by atoms with van der Waals surface area (Å²) in [6.45, 7) is 26.8. The Morgan fingerprint density at radius 2 is 1.01 bits per heavy atom. The lowest BCUT2D eigenvalue weighted by Crippen LogP contribution is -2.21. The van der Waals surface area contributed by atoms with Crippen LogP contribution in [-0.2, 0) is 19.1 Å². The first-order valence-electron chi connectivity index (χ1n) is 28.3. The number of ether oxygens (including phenoxy) is 2. The lowest BCUT2D eigenvalue weighted by atomic mass is 10.1. The summed E-state index contributed by atoms with van der Waals surface area (Å²) in [7, 11) is 2.21. The Hall–Kier alpha value is -10.6. The lowest BCUT2D eigenvalue weighted by molar-refractivity contribution is -0.119. The number of nitrogens with one attached hydrogen (secondary N) is 3. The zero-order valence-corrected chi connectivity index (χ0v) is 54.3. The van der Waals surface area contributed by atoms with Gasteiger partial charge in [0.25, 0.3) is 11.8 Å². The number of halogens is 2. The number of alkyl halides is 2. The number of Topliss-reactive ketones (excluding diaryl/α,β-unsaturated/α-hetero) is 1. The number of nitrogens with zero attached hydrogens (tertiary/aromatic N) is 7. The minimum atomic E-state index is -1.03. The lowest BCUT2D eigenvalue weighted by Gasteiger charge is -2.13. The largest absolute Gasteiger partial charge is 0.478 e. The molecule has 0 fully saturated rings. The maximum absolute atomic E-state index is 12.5. The number of anilines is 7. The van der Waals surface area contributed by atoms with Crippen LogP contribution in [0.1, 0.15) is 119 Å². The molecular formula is C68H86ClFN14O8. The highest BCUT2D eigenvalue weighted by Gasteiger charge is 2.19. The first-order valence-corrected chi connectivity index (χ1v) is 28.1. The standard InChI is InChI=1S/C16H16ClN3O2.C14H15N3O.C9H12N2O.C7H7N3.C7H8N2O2.C7H9N.C6H12O2.CH3F.CH4/c1-10-5-3-4-6-12(10)19-16(22)14-11(2)7-8-18-15(14)20-13(21)9-17;1-9-5-3-4-6-11(9)17-14(18)12-10(2)7-8-16-13(12)15;1-7(4-8(2)12-3)9(5-10)6-11;1-5-3-4-10-7(8)6(5)9-2;1-4-2-3-9-6(8)5(4)7(10)11;1-6-4-2-3-5-7(6)8;1-5(7)4-6(2)8-3;1-2;/h3-8H,9H2,1-2H3,(H,19,22)(H,18,20,21);3-8H,1-2H3,(H2,15,16)(H,17,18);8H,4H2,1-3H3;3-4H,1H3,(H2,8,10);2-3H,1H3,(H2,8,9)(H,10,11);2-5H,8H2,1H3;6H,4H2,1-3H3;1H3;1H4/i;;;;;;;1D;. The highest BCUT2D eigenvalue weighted by Crippen LogP contribution is 2.24. The van der Waals surface area contributed by atoms with Gasteiger partial charge in [0.15, 0.2) is 0 Å². The van der Waals surface area contributed by atoms with Crippen LogP contribution in [-0.4, -0.2) is 94.0 Å². The van der Waals surface area contributed by atoms with Crippen LogP contribution in [0.4, 0.5) is 50.4 Å². The van der Waals surface area contributed by atoms with Crippen molar-refractivity contribution in [2.75, 3.05) is 66.1 Å². The van der Waals surface area contributed by atoms with Crippen molar-refractivity contribution in [3.63, 3.8) is 0 Å². The number of nitriles is 2. The number of carbonyl (C=O) groups excluding carboxylic acids is 4. The van der Waals surface area contributed by atoms with Crippen molar-refractivity contribution in [2.24, 2.45) is 0 Å². The number of para-hydroxylation sites is 3. The van der Waals surface area contributed by atoms with Gasteiger partial charge >= 0.3 is 5.97 Å². The van der Waals surface area contributed by atoms with Gasteiger partial charge in [0.05, 0.1) is 38.4 Å². The minimum absolute atomic E-state index is 0. The number of aryl methyl sites for hydroxylation is 7. The Morgan fingerprint density at radius 3 is 1.35 bits per heavy atom. The quantitative estimate of drug-likeness (QED) is 0.0230. The number of ketones is 1. The van der Waals surface area contributed by atoms with Crippen LogP contribution in [0.25, 0.3) is 4.85 Å². The van der Waals surface area contributed by atoms with Crippen molar-refractivity contribution in [1.82, 2.24) is 19.9 Å². The highest BCUT2D eigenvalue weighted by molar-refractivity contribution is 6.29. The van der Waals surface area contributed by atoms with Crippen molar-refractivity contribution >= 4 is 87.1 Å². The van der Waals surface area contributed by atoms with Crippen molar-refractivity contribution in [3.05, 3.63) is 200 Å². The molecule has 0 bridgehead atoms. The van der Waals surface area contributed by atoms with E-state index in [0.29, 0.717) is 52.3 Å². The summed E-state index contributed by atoms with van der Waals surface area (Å²) in [6, 6.07) is 33.4. The molecule has 0 aliphatic rings. The van der Waals surface area contributed by atoms with Gasteiger partial charge in [-0.25, -0.2) is 24.6 Å². The maximum atomic E-state index is 12.5. The number of pyridine rings is 4. The average molecular weight is 1280 g/mol. The third-order valence-corrected chi connectivity index (χ3v) is 12.7. The molecule has 0 saturated carbocycles. The van der Waals surface area contributed by atoms with Gasteiger partial charge in [-0.1, -0.05) is 68.1 Å². The van der Waals surface area contributed by atoms with E-state index in [0.717, 1.165) is 44.8 Å². The molecule has 2 atom stereocenters. The van der Waals surface area contributed by atoms with E-state index in [1.54, 1.807) is 78.6 Å². The van der Waals surface area contributed by atoms with Gasteiger partial charge in [-0.15, -0.1) is 11.6 Å². The normalized spacial score (nSPS) is 10.1. The maximum Gasteiger partial charge on any atom is 0.339 e. The zero-order chi connectivity index (χ0) is 70.0. The summed E-state index contributed by atoms with van der Waals surface area (Å²) in [5.41, 5.74) is 32.8. The summed E-state index contributed by atoms with van der Waals surface area (Å²) >= 11 is 5.48. The number of aromatic carboxylic acids is 1. The molecule has 0 aliphatic carbocycles. The molecule has 490 valence electrons. The highest BCUT2D eigenvalue weighted by atomic mass is 35.5. The molecule has 4 aromatic heterocycles. The summed E-state index contributed by atoms with van der Waals surface area (Å²) in [5.74, 6) is -1.19. The Labute approximate surface area is 546 Å². The number of benzene rings is 3. The van der Waals surface area contributed by atoms with Gasteiger partial charge in [0.1, 0.15) is 58.2 Å². The van der Waals surface area contributed by atoms with E-state index in [9.17, 15) is 28.4 Å².